The molecule has 0 aliphatic heterocycles. The topological polar surface area (TPSA) is 108 Å². The van der Waals surface area contributed by atoms with Gasteiger partial charge < -0.3 is 10.1 Å². The minimum absolute atomic E-state index is 0.161. The van der Waals surface area contributed by atoms with Crippen molar-refractivity contribution in [3.05, 3.63) is 93.3 Å². The number of carbonyl (C=O) groups excluding carboxylic acids is 2. The van der Waals surface area contributed by atoms with Crippen LogP contribution in [0, 0.1) is 0 Å². The summed E-state index contributed by atoms with van der Waals surface area (Å²) >= 11 is 1.32. The molecule has 1 N–H and O–H groups in total. The number of fused-ring (bicyclic) bond motifs is 3. The van der Waals surface area contributed by atoms with E-state index in [2.05, 4.69) is 15.5 Å². The maximum Gasteiger partial charge on any atom is 0.340 e. The lowest BCUT2D eigenvalue weighted by Crippen LogP contribution is -2.19. The quantitative estimate of drug-likeness (QED) is 0.404. The van der Waals surface area contributed by atoms with Gasteiger partial charge in [-0.15, -0.1) is 21.5 Å². The fourth-order valence-corrected chi connectivity index (χ4v) is 4.36. The first-order valence-electron chi connectivity index (χ1n) is 9.97. The van der Waals surface area contributed by atoms with Crippen molar-refractivity contribution >= 4 is 44.9 Å². The first kappa shape index (κ1) is 20.6. The van der Waals surface area contributed by atoms with Crippen LogP contribution in [-0.4, -0.2) is 31.0 Å². The van der Waals surface area contributed by atoms with Gasteiger partial charge in [-0.25, -0.2) is 4.79 Å². The number of amides is 1. The number of hydrogen-bond donors (Lipinski definition) is 1. The van der Waals surface area contributed by atoms with Gasteiger partial charge >= 0.3 is 5.97 Å². The molecule has 0 saturated carbocycles. The van der Waals surface area contributed by atoms with E-state index in [1.807, 2.05) is 11.4 Å². The molecule has 1 amide bonds. The second-order valence-electron chi connectivity index (χ2n) is 7.19. The summed E-state index contributed by atoms with van der Waals surface area (Å²) in [5.41, 5.74) is 1.52. The molecule has 0 aliphatic rings. The fourth-order valence-electron chi connectivity index (χ4n) is 3.51. The Kier molecular flexibility index (Phi) is 5.19. The number of nitrogens with one attached hydrogen (secondary N) is 1. The largest absolute Gasteiger partial charge is 0.454 e. The number of para-hydroxylation sites is 1. The average molecular weight is 459 g/mol. The smallest absolute Gasteiger partial charge is 0.340 e. The first-order chi connectivity index (χ1) is 16.0. The third-order valence-electron chi connectivity index (χ3n) is 5.16. The lowest BCUT2D eigenvalue weighted by atomic mass is 10.1. The summed E-state index contributed by atoms with van der Waals surface area (Å²) in [5, 5.41) is 12.8. The summed E-state index contributed by atoms with van der Waals surface area (Å²) < 4.78 is 9.17. The molecule has 3 aromatic heterocycles. The number of anilines is 1. The molecule has 0 spiro atoms. The Morgan fingerprint density at radius 2 is 1.79 bits per heavy atom. The minimum atomic E-state index is -0.623. The van der Waals surface area contributed by atoms with Crippen molar-refractivity contribution in [2.24, 2.45) is 7.05 Å². The van der Waals surface area contributed by atoms with Crippen LogP contribution in [0.25, 0.3) is 16.0 Å². The second kappa shape index (κ2) is 8.32. The zero-order valence-electron chi connectivity index (χ0n) is 17.4. The number of ether oxygens (including phenoxy) is 1. The second-order valence-corrected chi connectivity index (χ2v) is 8.11. The maximum absolute atomic E-state index is 12.9. The highest BCUT2D eigenvalue weighted by atomic mass is 32.1. The van der Waals surface area contributed by atoms with Crippen LogP contribution in [0.5, 0.6) is 0 Å². The number of rotatable bonds is 5. The van der Waals surface area contributed by atoms with Gasteiger partial charge in [0.15, 0.2) is 12.4 Å². The zero-order valence-corrected chi connectivity index (χ0v) is 18.2. The van der Waals surface area contributed by atoms with Gasteiger partial charge in [-0.3, -0.25) is 18.6 Å². The van der Waals surface area contributed by atoms with Crippen molar-refractivity contribution in [1.29, 1.82) is 0 Å². The molecule has 0 aliphatic carbocycles. The van der Waals surface area contributed by atoms with Crippen LogP contribution in [0.2, 0.25) is 0 Å². The number of hydrogen-bond acceptors (Lipinski definition) is 7. The minimum Gasteiger partial charge on any atom is -0.454 e. The van der Waals surface area contributed by atoms with Gasteiger partial charge in [-0.1, -0.05) is 30.3 Å². The van der Waals surface area contributed by atoms with E-state index in [0.29, 0.717) is 33.1 Å². The SMILES string of the molecule is Cn1c(=O)c2sccc2n2c(COC(=O)c3ccccc3NC(=O)c3ccccc3)nnc12. The first-order valence-corrected chi connectivity index (χ1v) is 10.9. The maximum atomic E-state index is 12.9. The van der Waals surface area contributed by atoms with Gasteiger partial charge in [-0.05, 0) is 35.7 Å². The van der Waals surface area contributed by atoms with E-state index in [1.54, 1.807) is 66.0 Å². The molecule has 0 radical (unpaired) electrons. The van der Waals surface area contributed by atoms with Crippen LogP contribution in [0.3, 0.4) is 0 Å². The van der Waals surface area contributed by atoms with Gasteiger partial charge in [0.05, 0.1) is 16.8 Å². The average Bonchev–Trinajstić information content (AvgIpc) is 3.49. The lowest BCUT2D eigenvalue weighted by molar-refractivity contribution is 0.0462. The fraction of sp³-hybridized carbons (Fsp3) is 0.0870. The monoisotopic (exact) mass is 459 g/mol. The number of thiophene rings is 1. The van der Waals surface area contributed by atoms with Gasteiger partial charge in [0.2, 0.25) is 5.78 Å². The van der Waals surface area contributed by atoms with E-state index in [0.717, 1.165) is 0 Å². The summed E-state index contributed by atoms with van der Waals surface area (Å²) in [6.07, 6.45) is 0. The Labute approximate surface area is 190 Å². The number of aryl methyl sites for hydroxylation is 1. The summed E-state index contributed by atoms with van der Waals surface area (Å²) in [5.74, 6) is -0.224. The Morgan fingerprint density at radius 1 is 1.03 bits per heavy atom. The highest BCUT2D eigenvalue weighted by Gasteiger charge is 2.19. The molecule has 0 bridgehead atoms. The van der Waals surface area contributed by atoms with Crippen LogP contribution >= 0.6 is 11.3 Å². The molecule has 0 unspecified atom stereocenters. The van der Waals surface area contributed by atoms with Gasteiger partial charge in [0.25, 0.3) is 11.5 Å². The van der Waals surface area contributed by atoms with Crippen LogP contribution in [0.1, 0.15) is 26.5 Å². The summed E-state index contributed by atoms with van der Waals surface area (Å²) in [6, 6.07) is 17.1. The molecule has 0 atom stereocenters. The van der Waals surface area contributed by atoms with Crippen LogP contribution in [0.15, 0.2) is 70.8 Å². The van der Waals surface area contributed by atoms with Gasteiger partial charge in [0, 0.05) is 12.6 Å². The Balaban J connectivity index is 1.40. The van der Waals surface area contributed by atoms with E-state index < -0.39 is 5.97 Å². The molecular formula is C23H17N5O4S. The molecule has 2 aromatic carbocycles. The third-order valence-corrected chi connectivity index (χ3v) is 6.05. The molecule has 0 saturated heterocycles. The Hall–Kier alpha value is -4.31. The highest BCUT2D eigenvalue weighted by Crippen LogP contribution is 2.21. The van der Waals surface area contributed by atoms with Crippen molar-refractivity contribution in [3.63, 3.8) is 0 Å². The van der Waals surface area contributed by atoms with E-state index >= 15 is 0 Å². The highest BCUT2D eigenvalue weighted by molar-refractivity contribution is 7.17. The molecule has 3 heterocycles. The molecule has 9 nitrogen and oxygen atoms in total. The molecule has 10 heteroatoms. The van der Waals surface area contributed by atoms with Crippen LogP contribution < -0.4 is 10.9 Å². The summed E-state index contributed by atoms with van der Waals surface area (Å²) in [6.45, 7) is -0.163. The summed E-state index contributed by atoms with van der Waals surface area (Å²) in [4.78, 5) is 37.9. The molecule has 5 rings (SSSR count). The van der Waals surface area contributed by atoms with E-state index in [1.165, 1.54) is 15.9 Å². The van der Waals surface area contributed by atoms with Crippen LogP contribution in [0.4, 0.5) is 5.69 Å². The van der Waals surface area contributed by atoms with Gasteiger partial charge in [0.1, 0.15) is 4.70 Å². The van der Waals surface area contributed by atoms with E-state index in [4.69, 9.17) is 4.74 Å². The van der Waals surface area contributed by atoms with Crippen molar-refractivity contribution in [1.82, 2.24) is 19.2 Å². The predicted octanol–water partition coefficient (Wildman–Crippen LogP) is 3.25. The molecular weight excluding hydrogens is 442 g/mol. The van der Waals surface area contributed by atoms with Crippen molar-refractivity contribution in [2.75, 3.05) is 5.32 Å². The Bertz CT molecular complexity index is 1570. The molecule has 164 valence electrons. The zero-order chi connectivity index (χ0) is 22.9. The number of carbonyl (C=O) groups is 2. The summed E-state index contributed by atoms with van der Waals surface area (Å²) in [7, 11) is 1.62. The third kappa shape index (κ3) is 3.66. The number of nitrogens with zero attached hydrogens (tertiary/aromatic N) is 4. The molecule has 0 fully saturated rings. The standard InChI is InChI=1S/C23H17N5O4S/c1-27-21(30)19-17(11-12-33-19)28-18(25-26-23(27)28)13-32-22(31)15-9-5-6-10-16(15)24-20(29)14-7-3-2-4-8-14/h2-12H,13H2,1H3,(H,24,29). The van der Waals surface area contributed by atoms with Crippen molar-refractivity contribution < 1.29 is 14.3 Å². The normalized spacial score (nSPS) is 11.1. The van der Waals surface area contributed by atoms with Crippen LogP contribution in [-0.2, 0) is 18.4 Å². The number of esters is 1. The number of benzene rings is 2. The Morgan fingerprint density at radius 3 is 2.61 bits per heavy atom. The van der Waals surface area contributed by atoms with E-state index in [9.17, 15) is 14.4 Å². The van der Waals surface area contributed by atoms with Crippen molar-refractivity contribution in [3.8, 4) is 0 Å². The van der Waals surface area contributed by atoms with Crippen molar-refractivity contribution in [2.45, 2.75) is 6.61 Å². The van der Waals surface area contributed by atoms with Gasteiger partial charge in [-0.2, -0.15) is 0 Å². The lowest BCUT2D eigenvalue weighted by Gasteiger charge is -2.11. The van der Waals surface area contributed by atoms with E-state index in [-0.39, 0.29) is 23.6 Å². The molecule has 5 aromatic rings. The number of aromatic nitrogens is 4. The molecule has 33 heavy (non-hydrogen) atoms. The predicted molar refractivity (Wildman–Crippen MR) is 124 cm³/mol.